The number of nitrogens with one attached hydrogen (secondary N) is 2. The number of hydrogen-bond donors (Lipinski definition) is 2. The van der Waals surface area contributed by atoms with Crippen molar-refractivity contribution < 1.29 is 4.74 Å². The summed E-state index contributed by atoms with van der Waals surface area (Å²) in [7, 11) is 1.72. The van der Waals surface area contributed by atoms with Crippen molar-refractivity contribution in [3.05, 3.63) is 42.5 Å². The van der Waals surface area contributed by atoms with Crippen molar-refractivity contribution in [3.8, 4) is 5.75 Å². The van der Waals surface area contributed by atoms with Crippen LogP contribution < -0.4 is 10.1 Å². The third-order valence-corrected chi connectivity index (χ3v) is 4.32. The van der Waals surface area contributed by atoms with Crippen molar-refractivity contribution in [2.45, 2.75) is 18.4 Å². The van der Waals surface area contributed by atoms with Crippen molar-refractivity contribution in [3.63, 3.8) is 0 Å². The molecule has 0 fully saturated rings. The van der Waals surface area contributed by atoms with Gasteiger partial charge >= 0.3 is 0 Å². The van der Waals surface area contributed by atoms with Gasteiger partial charge in [0.15, 0.2) is 0 Å². The van der Waals surface area contributed by atoms with E-state index in [1.165, 1.54) is 4.90 Å². The standard InChI is InChI=1S/C15H21N3OS/c1-12(9-16-10-15-17-7-8-18-15)11-20-14-6-4-3-5-13(14)19-2/h3-8,12,16H,9-11H2,1-2H3,(H,17,18). The highest BCUT2D eigenvalue weighted by molar-refractivity contribution is 7.99. The summed E-state index contributed by atoms with van der Waals surface area (Å²) < 4.78 is 5.36. The van der Waals surface area contributed by atoms with Crippen LogP contribution in [0.3, 0.4) is 0 Å². The van der Waals surface area contributed by atoms with Crippen LogP contribution in [0.1, 0.15) is 12.7 Å². The summed E-state index contributed by atoms with van der Waals surface area (Å²) in [4.78, 5) is 8.48. The van der Waals surface area contributed by atoms with E-state index in [2.05, 4.69) is 28.3 Å². The molecule has 0 saturated carbocycles. The first-order valence-corrected chi connectivity index (χ1v) is 7.73. The second-order valence-electron chi connectivity index (χ2n) is 4.73. The summed E-state index contributed by atoms with van der Waals surface area (Å²) in [6.07, 6.45) is 3.62. The molecule has 1 aromatic heterocycles. The van der Waals surface area contributed by atoms with Crippen molar-refractivity contribution in [2.75, 3.05) is 19.4 Å². The maximum Gasteiger partial charge on any atom is 0.132 e. The number of H-pyrrole nitrogens is 1. The van der Waals surface area contributed by atoms with Crippen LogP contribution in [0.2, 0.25) is 0 Å². The van der Waals surface area contributed by atoms with Gasteiger partial charge in [0.05, 0.1) is 13.7 Å². The molecule has 0 aliphatic heterocycles. The molecular weight excluding hydrogens is 270 g/mol. The van der Waals surface area contributed by atoms with Crippen LogP contribution in [0.25, 0.3) is 0 Å². The lowest BCUT2D eigenvalue weighted by atomic mass is 10.2. The number of hydrogen-bond acceptors (Lipinski definition) is 4. The number of benzene rings is 1. The Hall–Kier alpha value is -1.46. The molecule has 2 N–H and O–H groups in total. The summed E-state index contributed by atoms with van der Waals surface area (Å²) >= 11 is 1.84. The van der Waals surface area contributed by atoms with Crippen LogP contribution in [-0.4, -0.2) is 29.4 Å². The van der Waals surface area contributed by atoms with Gasteiger partial charge in [0, 0.05) is 23.0 Å². The number of ether oxygens (including phenoxy) is 1. The summed E-state index contributed by atoms with van der Waals surface area (Å²) in [6.45, 7) is 4.01. The lowest BCUT2D eigenvalue weighted by Gasteiger charge is -2.13. The molecule has 5 heteroatoms. The number of para-hydroxylation sites is 1. The molecule has 0 aliphatic carbocycles. The molecule has 0 spiro atoms. The van der Waals surface area contributed by atoms with Gasteiger partial charge < -0.3 is 15.0 Å². The molecule has 4 nitrogen and oxygen atoms in total. The van der Waals surface area contributed by atoms with E-state index >= 15 is 0 Å². The van der Waals surface area contributed by atoms with Crippen molar-refractivity contribution in [1.29, 1.82) is 0 Å². The van der Waals surface area contributed by atoms with Crippen LogP contribution >= 0.6 is 11.8 Å². The fraction of sp³-hybridized carbons (Fsp3) is 0.400. The second kappa shape index (κ2) is 7.97. The molecule has 0 amide bonds. The van der Waals surface area contributed by atoms with Crippen molar-refractivity contribution in [1.82, 2.24) is 15.3 Å². The number of imidazole rings is 1. The molecule has 1 atom stereocenters. The van der Waals surface area contributed by atoms with E-state index in [1.807, 2.05) is 36.2 Å². The minimum Gasteiger partial charge on any atom is -0.496 e. The molecule has 108 valence electrons. The minimum absolute atomic E-state index is 0.583. The van der Waals surface area contributed by atoms with Gasteiger partial charge in [-0.15, -0.1) is 11.8 Å². The molecule has 0 radical (unpaired) electrons. The van der Waals surface area contributed by atoms with Crippen molar-refractivity contribution in [2.24, 2.45) is 5.92 Å². The van der Waals surface area contributed by atoms with Gasteiger partial charge in [-0.1, -0.05) is 19.1 Å². The number of nitrogens with zero attached hydrogens (tertiary/aromatic N) is 1. The summed E-state index contributed by atoms with van der Waals surface area (Å²) in [5, 5.41) is 3.41. The van der Waals surface area contributed by atoms with Crippen LogP contribution in [-0.2, 0) is 6.54 Å². The normalized spacial score (nSPS) is 12.3. The predicted molar refractivity (Wildman–Crippen MR) is 83.2 cm³/mol. The largest absolute Gasteiger partial charge is 0.496 e. The Morgan fingerprint density at radius 1 is 1.40 bits per heavy atom. The maximum atomic E-state index is 5.36. The topological polar surface area (TPSA) is 49.9 Å². The van der Waals surface area contributed by atoms with E-state index < -0.39 is 0 Å². The Balaban J connectivity index is 1.70. The highest BCUT2D eigenvalue weighted by atomic mass is 32.2. The molecule has 1 aromatic carbocycles. The average Bonchev–Trinajstić information content (AvgIpc) is 2.98. The van der Waals surface area contributed by atoms with E-state index in [4.69, 9.17) is 4.74 Å². The number of rotatable bonds is 8. The first-order chi connectivity index (χ1) is 9.79. The lowest BCUT2D eigenvalue weighted by molar-refractivity contribution is 0.404. The number of methoxy groups -OCH3 is 1. The van der Waals surface area contributed by atoms with Gasteiger partial charge in [0.25, 0.3) is 0 Å². The van der Waals surface area contributed by atoms with Gasteiger partial charge in [0.2, 0.25) is 0 Å². The van der Waals surface area contributed by atoms with Crippen LogP contribution in [0, 0.1) is 5.92 Å². The third-order valence-electron chi connectivity index (χ3n) is 2.93. The second-order valence-corrected chi connectivity index (χ2v) is 5.80. The highest BCUT2D eigenvalue weighted by Gasteiger charge is 2.07. The van der Waals surface area contributed by atoms with Gasteiger partial charge in [0.1, 0.15) is 11.6 Å². The molecule has 0 bridgehead atoms. The molecule has 20 heavy (non-hydrogen) atoms. The molecule has 1 heterocycles. The predicted octanol–water partition coefficient (Wildman–Crippen LogP) is 2.94. The van der Waals surface area contributed by atoms with Gasteiger partial charge in [-0.05, 0) is 24.6 Å². The first kappa shape index (κ1) is 14.9. The Kier molecular flexibility index (Phi) is 5.95. The van der Waals surface area contributed by atoms with E-state index in [0.717, 1.165) is 30.4 Å². The summed E-state index contributed by atoms with van der Waals surface area (Å²) in [5.41, 5.74) is 0. The van der Waals surface area contributed by atoms with E-state index in [9.17, 15) is 0 Å². The fourth-order valence-electron chi connectivity index (χ4n) is 1.86. The quantitative estimate of drug-likeness (QED) is 0.734. The molecule has 2 rings (SSSR count). The van der Waals surface area contributed by atoms with Gasteiger partial charge in [-0.25, -0.2) is 4.98 Å². The summed E-state index contributed by atoms with van der Waals surface area (Å²) in [6, 6.07) is 8.15. The molecular formula is C15H21N3OS. The smallest absolute Gasteiger partial charge is 0.132 e. The maximum absolute atomic E-state index is 5.36. The third kappa shape index (κ3) is 4.58. The highest BCUT2D eigenvalue weighted by Crippen LogP contribution is 2.29. The zero-order valence-electron chi connectivity index (χ0n) is 11.9. The molecule has 0 aliphatic rings. The minimum atomic E-state index is 0.583. The molecule has 2 aromatic rings. The van der Waals surface area contributed by atoms with Crippen LogP contribution in [0.5, 0.6) is 5.75 Å². The van der Waals surface area contributed by atoms with Gasteiger partial charge in [-0.3, -0.25) is 0 Å². The Labute approximate surface area is 124 Å². The lowest BCUT2D eigenvalue weighted by Crippen LogP contribution is -2.22. The summed E-state index contributed by atoms with van der Waals surface area (Å²) in [5.74, 6) is 3.58. The monoisotopic (exact) mass is 291 g/mol. The Morgan fingerprint density at radius 2 is 2.25 bits per heavy atom. The number of aromatic amines is 1. The SMILES string of the molecule is COc1ccccc1SCC(C)CNCc1ncc[nH]1. The first-order valence-electron chi connectivity index (χ1n) is 6.74. The van der Waals surface area contributed by atoms with E-state index in [-0.39, 0.29) is 0 Å². The van der Waals surface area contributed by atoms with E-state index in [1.54, 1.807) is 13.3 Å². The van der Waals surface area contributed by atoms with Gasteiger partial charge in [-0.2, -0.15) is 0 Å². The number of thioether (sulfide) groups is 1. The van der Waals surface area contributed by atoms with Crippen molar-refractivity contribution >= 4 is 11.8 Å². The number of aromatic nitrogens is 2. The average molecular weight is 291 g/mol. The Morgan fingerprint density at radius 3 is 3.00 bits per heavy atom. The van der Waals surface area contributed by atoms with E-state index in [0.29, 0.717) is 5.92 Å². The molecule has 0 saturated heterocycles. The Bertz CT molecular complexity index is 502. The zero-order chi connectivity index (χ0) is 14.2. The zero-order valence-corrected chi connectivity index (χ0v) is 12.7. The molecule has 1 unspecified atom stereocenters. The van der Waals surface area contributed by atoms with Crippen LogP contribution in [0.4, 0.5) is 0 Å². The van der Waals surface area contributed by atoms with Crippen LogP contribution in [0.15, 0.2) is 41.6 Å². The fourth-order valence-corrected chi connectivity index (χ4v) is 2.91.